The Morgan fingerprint density at radius 3 is 2.65 bits per heavy atom. The number of aryl methyl sites for hydroxylation is 2. The van der Waals surface area contributed by atoms with E-state index in [2.05, 4.69) is 41.2 Å². The Morgan fingerprint density at radius 2 is 2.05 bits per heavy atom. The van der Waals surface area contributed by atoms with E-state index in [1.54, 1.807) is 11.3 Å². The van der Waals surface area contributed by atoms with Gasteiger partial charge in [0, 0.05) is 16.8 Å². The second-order valence-corrected chi connectivity index (χ2v) is 7.49. The second kappa shape index (κ2) is 7.08. The zero-order valence-corrected chi connectivity index (χ0v) is 14.8. The summed E-state index contributed by atoms with van der Waals surface area (Å²) in [6, 6.07) is 2.11. The minimum absolute atomic E-state index is 0.108. The molecule has 1 amide bonds. The molecule has 1 aliphatic rings. The normalized spacial score (nSPS) is 14.9. The molecule has 4 heteroatoms. The van der Waals surface area contributed by atoms with E-state index in [0.29, 0.717) is 0 Å². The summed E-state index contributed by atoms with van der Waals surface area (Å²) in [6.07, 6.45) is 7.00. The van der Waals surface area contributed by atoms with Crippen LogP contribution in [0.2, 0.25) is 0 Å². The first-order chi connectivity index (χ1) is 9.64. The minimum atomic E-state index is 0.108. The van der Waals surface area contributed by atoms with Crippen LogP contribution in [-0.2, 0) is 12.8 Å². The lowest BCUT2D eigenvalue weighted by molar-refractivity contribution is 0.0936. The molecule has 0 radical (unpaired) electrons. The monoisotopic (exact) mass is 357 g/mol. The molecule has 1 N–H and O–H groups in total. The Labute approximate surface area is 134 Å². The molecule has 20 heavy (non-hydrogen) atoms. The zero-order valence-electron chi connectivity index (χ0n) is 12.4. The first-order valence-electron chi connectivity index (χ1n) is 7.60. The van der Waals surface area contributed by atoms with Gasteiger partial charge in [-0.05, 0) is 55.6 Å². The predicted molar refractivity (Wildman–Crippen MR) is 90.1 cm³/mol. The topological polar surface area (TPSA) is 29.1 Å². The van der Waals surface area contributed by atoms with E-state index >= 15 is 0 Å². The summed E-state index contributed by atoms with van der Waals surface area (Å²) in [5.74, 6) is 0.108. The summed E-state index contributed by atoms with van der Waals surface area (Å²) >= 11 is 5.29. The van der Waals surface area contributed by atoms with Gasteiger partial charge in [0.05, 0.1) is 4.88 Å². The molecule has 112 valence electrons. The van der Waals surface area contributed by atoms with Crippen molar-refractivity contribution in [1.82, 2.24) is 5.32 Å². The first kappa shape index (κ1) is 16.0. The van der Waals surface area contributed by atoms with Crippen LogP contribution in [-0.4, -0.2) is 17.8 Å². The smallest absolute Gasteiger partial charge is 0.261 e. The summed E-state index contributed by atoms with van der Waals surface area (Å²) in [7, 11) is 0. The molecule has 0 atom stereocenters. The summed E-state index contributed by atoms with van der Waals surface area (Å²) in [5.41, 5.74) is 1.59. The van der Waals surface area contributed by atoms with Crippen molar-refractivity contribution < 1.29 is 4.79 Å². The van der Waals surface area contributed by atoms with Gasteiger partial charge in [0.2, 0.25) is 0 Å². The molecule has 1 aliphatic carbocycles. The Morgan fingerprint density at radius 1 is 1.35 bits per heavy atom. The fourth-order valence-corrected chi connectivity index (χ4v) is 4.85. The molecule has 0 bridgehead atoms. The number of carbonyl (C=O) groups is 1. The molecule has 0 fully saturated rings. The molecular weight excluding hydrogens is 334 g/mol. The molecule has 0 saturated heterocycles. The van der Waals surface area contributed by atoms with Gasteiger partial charge in [0.1, 0.15) is 0 Å². The highest BCUT2D eigenvalue weighted by Crippen LogP contribution is 2.31. The van der Waals surface area contributed by atoms with E-state index in [1.807, 2.05) is 0 Å². The molecule has 1 aromatic heterocycles. The van der Waals surface area contributed by atoms with Gasteiger partial charge >= 0.3 is 0 Å². The van der Waals surface area contributed by atoms with Gasteiger partial charge in [0.15, 0.2) is 0 Å². The second-order valence-electron chi connectivity index (χ2n) is 5.79. The van der Waals surface area contributed by atoms with Crippen LogP contribution in [0.5, 0.6) is 0 Å². The number of carbonyl (C=O) groups excluding carboxylic acids is 1. The molecule has 0 aromatic carbocycles. The third kappa shape index (κ3) is 3.45. The standard InChI is InChI=1S/C16H24BrNOS/c1-3-16(4-2,10-17)11-18-15(19)14-9-12-7-5-6-8-13(12)20-14/h9H,3-8,10-11H2,1-2H3,(H,18,19). The zero-order chi connectivity index (χ0) is 14.6. The van der Waals surface area contributed by atoms with Gasteiger partial charge in [-0.3, -0.25) is 4.79 Å². The molecule has 0 unspecified atom stereocenters. The fraction of sp³-hybridized carbons (Fsp3) is 0.688. The largest absolute Gasteiger partial charge is 0.351 e. The number of alkyl halides is 1. The van der Waals surface area contributed by atoms with E-state index in [9.17, 15) is 4.79 Å². The molecule has 0 saturated carbocycles. The lowest BCUT2D eigenvalue weighted by atomic mass is 9.84. The number of halogens is 1. The molecule has 1 aromatic rings. The molecule has 2 nitrogen and oxygen atoms in total. The summed E-state index contributed by atoms with van der Waals surface area (Å²) < 4.78 is 0. The first-order valence-corrected chi connectivity index (χ1v) is 9.53. The molecular formula is C16H24BrNOS. The van der Waals surface area contributed by atoms with Gasteiger partial charge in [-0.25, -0.2) is 0 Å². The maximum absolute atomic E-state index is 12.3. The summed E-state index contributed by atoms with van der Waals surface area (Å²) in [6.45, 7) is 5.15. The maximum Gasteiger partial charge on any atom is 0.261 e. The Balaban J connectivity index is 1.99. The van der Waals surface area contributed by atoms with Crippen molar-refractivity contribution in [2.24, 2.45) is 5.41 Å². The minimum Gasteiger partial charge on any atom is -0.351 e. The summed E-state index contributed by atoms with van der Waals surface area (Å²) in [4.78, 5) is 14.7. The van der Waals surface area contributed by atoms with E-state index < -0.39 is 0 Å². The van der Waals surface area contributed by atoms with Gasteiger partial charge < -0.3 is 5.32 Å². The number of hydrogen-bond acceptors (Lipinski definition) is 2. The number of rotatable bonds is 6. The Bertz CT molecular complexity index is 433. The average Bonchev–Trinajstić information content (AvgIpc) is 2.93. The number of amides is 1. The average molecular weight is 358 g/mol. The van der Waals surface area contributed by atoms with Crippen molar-refractivity contribution in [3.8, 4) is 0 Å². The predicted octanol–water partition coefficient (Wildman–Crippen LogP) is 4.56. The van der Waals surface area contributed by atoms with Crippen molar-refractivity contribution in [3.63, 3.8) is 0 Å². The number of thiophene rings is 1. The lowest BCUT2D eigenvalue weighted by Gasteiger charge is -2.29. The van der Waals surface area contributed by atoms with Crippen LogP contribution in [0.15, 0.2) is 6.07 Å². The van der Waals surface area contributed by atoms with Crippen molar-refractivity contribution in [2.75, 3.05) is 11.9 Å². The van der Waals surface area contributed by atoms with Crippen molar-refractivity contribution in [3.05, 3.63) is 21.4 Å². The Hall–Kier alpha value is -0.350. The van der Waals surface area contributed by atoms with Crippen LogP contribution in [0.4, 0.5) is 0 Å². The highest BCUT2D eigenvalue weighted by Gasteiger charge is 2.26. The lowest BCUT2D eigenvalue weighted by Crippen LogP contribution is -2.37. The van der Waals surface area contributed by atoms with Gasteiger partial charge in [-0.15, -0.1) is 11.3 Å². The van der Waals surface area contributed by atoms with E-state index in [1.165, 1.54) is 23.3 Å². The van der Waals surface area contributed by atoms with Crippen LogP contribution in [0.25, 0.3) is 0 Å². The van der Waals surface area contributed by atoms with E-state index in [0.717, 1.165) is 42.4 Å². The quantitative estimate of drug-likeness (QED) is 0.742. The van der Waals surface area contributed by atoms with Crippen molar-refractivity contribution >= 4 is 33.2 Å². The summed E-state index contributed by atoms with van der Waals surface area (Å²) in [5, 5.41) is 4.08. The SMILES string of the molecule is CCC(CC)(CBr)CNC(=O)c1cc2c(s1)CCCC2. The fourth-order valence-electron chi connectivity index (χ4n) is 2.69. The maximum atomic E-state index is 12.3. The van der Waals surface area contributed by atoms with E-state index in [4.69, 9.17) is 0 Å². The highest BCUT2D eigenvalue weighted by atomic mass is 79.9. The van der Waals surface area contributed by atoms with Crippen LogP contribution < -0.4 is 5.32 Å². The van der Waals surface area contributed by atoms with Crippen molar-refractivity contribution in [1.29, 1.82) is 0 Å². The van der Waals surface area contributed by atoms with Crippen LogP contribution in [0.1, 0.15) is 59.6 Å². The van der Waals surface area contributed by atoms with Crippen LogP contribution in [0, 0.1) is 5.41 Å². The molecule has 1 heterocycles. The third-order valence-corrected chi connectivity index (χ3v) is 7.05. The van der Waals surface area contributed by atoms with Gasteiger partial charge in [-0.1, -0.05) is 29.8 Å². The van der Waals surface area contributed by atoms with Crippen LogP contribution >= 0.6 is 27.3 Å². The van der Waals surface area contributed by atoms with Crippen LogP contribution in [0.3, 0.4) is 0 Å². The number of hydrogen-bond donors (Lipinski definition) is 1. The highest BCUT2D eigenvalue weighted by molar-refractivity contribution is 9.09. The third-order valence-electron chi connectivity index (χ3n) is 4.63. The van der Waals surface area contributed by atoms with Gasteiger partial charge in [0.25, 0.3) is 5.91 Å². The number of fused-ring (bicyclic) bond motifs is 1. The van der Waals surface area contributed by atoms with Gasteiger partial charge in [-0.2, -0.15) is 0 Å². The molecule has 0 aliphatic heterocycles. The molecule has 2 rings (SSSR count). The Kier molecular flexibility index (Phi) is 5.67. The molecule has 0 spiro atoms. The number of nitrogens with one attached hydrogen (secondary N) is 1. The van der Waals surface area contributed by atoms with Crippen molar-refractivity contribution in [2.45, 2.75) is 52.4 Å². The van der Waals surface area contributed by atoms with E-state index in [-0.39, 0.29) is 11.3 Å².